The number of hydrogen-bond donors (Lipinski definition) is 0. The van der Waals surface area contributed by atoms with Crippen LogP contribution in [-0.4, -0.2) is 29.3 Å². The second-order valence-corrected chi connectivity index (χ2v) is 4.20. The summed E-state index contributed by atoms with van der Waals surface area (Å²) in [7, 11) is 0. The smallest absolute Gasteiger partial charge is 0.218 e. The van der Waals surface area contributed by atoms with Crippen molar-refractivity contribution in [1.82, 2.24) is 9.97 Å². The first-order valence-corrected chi connectivity index (χ1v) is 6.22. The molecule has 0 N–H and O–H groups in total. The Kier molecular flexibility index (Phi) is 5.69. The second-order valence-electron chi connectivity index (χ2n) is 3.39. The normalized spacial score (nSPS) is 12.5. The Hall–Kier alpha value is -0.680. The topological polar surface area (TPSA) is 44.2 Å². The van der Waals surface area contributed by atoms with Gasteiger partial charge in [-0.05, 0) is 29.8 Å². The van der Waals surface area contributed by atoms with Crippen molar-refractivity contribution >= 4 is 15.9 Å². The van der Waals surface area contributed by atoms with E-state index in [4.69, 9.17) is 9.47 Å². The summed E-state index contributed by atoms with van der Waals surface area (Å²) in [5.74, 6) is 1.36. The van der Waals surface area contributed by atoms with Crippen LogP contribution in [-0.2, 0) is 11.2 Å². The maximum Gasteiger partial charge on any atom is 0.218 e. The molecule has 0 amide bonds. The van der Waals surface area contributed by atoms with Crippen LogP contribution in [0.2, 0.25) is 0 Å². The zero-order valence-corrected chi connectivity index (χ0v) is 11.5. The van der Waals surface area contributed by atoms with Crippen LogP contribution in [0.5, 0.6) is 5.88 Å². The van der Waals surface area contributed by atoms with Crippen molar-refractivity contribution in [3.8, 4) is 5.88 Å². The van der Waals surface area contributed by atoms with Gasteiger partial charge in [0, 0.05) is 19.1 Å². The molecule has 1 atom stereocenters. The first-order chi connectivity index (χ1) is 7.65. The van der Waals surface area contributed by atoms with Gasteiger partial charge in [-0.1, -0.05) is 6.92 Å². The molecule has 16 heavy (non-hydrogen) atoms. The Morgan fingerprint density at radius 1 is 1.38 bits per heavy atom. The SMILES string of the molecule is CCOCC(C)Oc1cc(Br)nc(CC)n1. The molecule has 0 spiro atoms. The molecule has 0 radical (unpaired) electrons. The summed E-state index contributed by atoms with van der Waals surface area (Å²) in [6.45, 7) is 7.19. The lowest BCUT2D eigenvalue weighted by Crippen LogP contribution is -2.20. The van der Waals surface area contributed by atoms with Crippen LogP contribution in [0.25, 0.3) is 0 Å². The molecule has 1 heterocycles. The Balaban J connectivity index is 2.61. The first kappa shape index (κ1) is 13.4. The molecule has 0 fully saturated rings. The molecule has 0 aliphatic carbocycles. The molecule has 4 nitrogen and oxygen atoms in total. The van der Waals surface area contributed by atoms with Crippen LogP contribution in [0.3, 0.4) is 0 Å². The van der Waals surface area contributed by atoms with Gasteiger partial charge in [-0.2, -0.15) is 4.98 Å². The fourth-order valence-corrected chi connectivity index (χ4v) is 1.58. The van der Waals surface area contributed by atoms with E-state index >= 15 is 0 Å². The van der Waals surface area contributed by atoms with E-state index in [0.717, 1.165) is 16.8 Å². The van der Waals surface area contributed by atoms with Gasteiger partial charge in [0.05, 0.1) is 6.61 Å². The molecule has 5 heteroatoms. The Labute approximate surface area is 105 Å². The molecule has 1 aromatic rings. The molecule has 1 aromatic heterocycles. The summed E-state index contributed by atoms with van der Waals surface area (Å²) in [6, 6.07) is 1.77. The lowest BCUT2D eigenvalue weighted by atomic mass is 10.4. The van der Waals surface area contributed by atoms with Crippen LogP contribution in [0, 0.1) is 0 Å². The molecule has 0 bridgehead atoms. The maximum absolute atomic E-state index is 5.63. The van der Waals surface area contributed by atoms with Crippen molar-refractivity contribution in [3.63, 3.8) is 0 Å². The van der Waals surface area contributed by atoms with E-state index in [1.807, 2.05) is 20.8 Å². The molecule has 0 aliphatic heterocycles. The summed E-state index contributed by atoms with van der Waals surface area (Å²) in [6.07, 6.45) is 0.779. The molecule has 1 unspecified atom stereocenters. The molecule has 1 rings (SSSR count). The molecule has 0 aliphatic rings. The third-order valence-corrected chi connectivity index (χ3v) is 2.32. The van der Waals surface area contributed by atoms with E-state index in [1.54, 1.807) is 6.07 Å². The van der Waals surface area contributed by atoms with Gasteiger partial charge in [-0.25, -0.2) is 4.98 Å². The van der Waals surface area contributed by atoms with E-state index in [9.17, 15) is 0 Å². The van der Waals surface area contributed by atoms with E-state index in [2.05, 4.69) is 25.9 Å². The van der Waals surface area contributed by atoms with Gasteiger partial charge in [0.1, 0.15) is 16.5 Å². The van der Waals surface area contributed by atoms with Gasteiger partial charge in [0.2, 0.25) is 5.88 Å². The van der Waals surface area contributed by atoms with Gasteiger partial charge in [0.25, 0.3) is 0 Å². The lowest BCUT2D eigenvalue weighted by Gasteiger charge is -2.14. The fraction of sp³-hybridized carbons (Fsp3) is 0.636. The third-order valence-electron chi connectivity index (χ3n) is 1.91. The van der Waals surface area contributed by atoms with E-state index in [1.165, 1.54) is 0 Å². The number of aromatic nitrogens is 2. The van der Waals surface area contributed by atoms with Crippen LogP contribution in [0.4, 0.5) is 0 Å². The number of aryl methyl sites for hydroxylation is 1. The second kappa shape index (κ2) is 6.81. The quantitative estimate of drug-likeness (QED) is 0.755. The minimum absolute atomic E-state index is 0.00791. The van der Waals surface area contributed by atoms with Crippen LogP contribution in [0.15, 0.2) is 10.7 Å². The van der Waals surface area contributed by atoms with Gasteiger partial charge in [0.15, 0.2) is 0 Å². The summed E-state index contributed by atoms with van der Waals surface area (Å²) >= 11 is 3.33. The van der Waals surface area contributed by atoms with Crippen molar-refractivity contribution in [1.29, 1.82) is 0 Å². The maximum atomic E-state index is 5.63. The lowest BCUT2D eigenvalue weighted by molar-refractivity contribution is 0.0631. The number of rotatable bonds is 6. The van der Waals surface area contributed by atoms with Crippen LogP contribution < -0.4 is 4.74 Å². The number of hydrogen-bond acceptors (Lipinski definition) is 4. The van der Waals surface area contributed by atoms with Crippen molar-refractivity contribution in [2.75, 3.05) is 13.2 Å². The highest BCUT2D eigenvalue weighted by atomic mass is 79.9. The molecule has 0 saturated heterocycles. The zero-order chi connectivity index (χ0) is 12.0. The highest BCUT2D eigenvalue weighted by Crippen LogP contribution is 2.15. The van der Waals surface area contributed by atoms with Crippen molar-refractivity contribution in [2.45, 2.75) is 33.3 Å². The number of nitrogens with zero attached hydrogens (tertiary/aromatic N) is 2. The van der Waals surface area contributed by atoms with E-state index in [-0.39, 0.29) is 6.10 Å². The standard InChI is InChI=1S/C11H17BrN2O2/c1-4-10-13-9(12)6-11(14-10)16-8(3)7-15-5-2/h6,8H,4-5,7H2,1-3H3. The van der Waals surface area contributed by atoms with Gasteiger partial charge in [-0.15, -0.1) is 0 Å². The highest BCUT2D eigenvalue weighted by molar-refractivity contribution is 9.10. The van der Waals surface area contributed by atoms with Crippen molar-refractivity contribution < 1.29 is 9.47 Å². The van der Waals surface area contributed by atoms with E-state index < -0.39 is 0 Å². The van der Waals surface area contributed by atoms with Crippen molar-refractivity contribution in [3.05, 3.63) is 16.5 Å². The van der Waals surface area contributed by atoms with E-state index in [0.29, 0.717) is 19.1 Å². The summed E-state index contributed by atoms with van der Waals surface area (Å²) < 4.78 is 11.7. The van der Waals surface area contributed by atoms with Gasteiger partial charge in [-0.3, -0.25) is 0 Å². The highest BCUT2D eigenvalue weighted by Gasteiger charge is 2.07. The zero-order valence-electron chi connectivity index (χ0n) is 9.86. The molecular weight excluding hydrogens is 272 g/mol. The fourth-order valence-electron chi connectivity index (χ4n) is 1.18. The van der Waals surface area contributed by atoms with Gasteiger partial charge >= 0.3 is 0 Å². The van der Waals surface area contributed by atoms with Gasteiger partial charge < -0.3 is 9.47 Å². The first-order valence-electron chi connectivity index (χ1n) is 5.43. The predicted octanol–water partition coefficient (Wildman–Crippen LogP) is 2.61. The minimum atomic E-state index is -0.00791. The van der Waals surface area contributed by atoms with Crippen molar-refractivity contribution in [2.24, 2.45) is 0 Å². The summed E-state index contributed by atoms with van der Waals surface area (Å²) in [5, 5.41) is 0. The van der Waals surface area contributed by atoms with Crippen LogP contribution in [0.1, 0.15) is 26.6 Å². The molecule has 90 valence electrons. The van der Waals surface area contributed by atoms with Crippen LogP contribution >= 0.6 is 15.9 Å². The Morgan fingerprint density at radius 2 is 2.12 bits per heavy atom. The average Bonchev–Trinajstić information content (AvgIpc) is 2.25. The molecule has 0 saturated carbocycles. The predicted molar refractivity (Wildman–Crippen MR) is 65.7 cm³/mol. The largest absolute Gasteiger partial charge is 0.472 e. The Morgan fingerprint density at radius 3 is 2.75 bits per heavy atom. The number of halogens is 1. The molecule has 0 aromatic carbocycles. The third kappa shape index (κ3) is 4.45. The Bertz CT molecular complexity index is 334. The summed E-state index contributed by atoms with van der Waals surface area (Å²) in [4.78, 5) is 8.50. The monoisotopic (exact) mass is 288 g/mol. The average molecular weight is 289 g/mol. The molecular formula is C11H17BrN2O2. The minimum Gasteiger partial charge on any atom is -0.472 e. The number of ether oxygens (including phenoxy) is 2. The summed E-state index contributed by atoms with van der Waals surface area (Å²) in [5.41, 5.74) is 0.